The van der Waals surface area contributed by atoms with Crippen molar-refractivity contribution in [3.63, 3.8) is 0 Å². The van der Waals surface area contributed by atoms with Gasteiger partial charge in [-0.25, -0.2) is 4.98 Å². The molecule has 2 aromatic heterocycles. The van der Waals surface area contributed by atoms with Gasteiger partial charge in [0.1, 0.15) is 0 Å². The summed E-state index contributed by atoms with van der Waals surface area (Å²) in [5.74, 6) is 0. The Bertz CT molecular complexity index is 1110. The molecule has 0 fully saturated rings. The van der Waals surface area contributed by atoms with Crippen LogP contribution in [-0.2, 0) is 19.5 Å². The van der Waals surface area contributed by atoms with E-state index < -0.39 is 0 Å². The van der Waals surface area contributed by atoms with Crippen molar-refractivity contribution in [2.24, 2.45) is 0 Å². The molecular formula is C23H23N5. The Morgan fingerprint density at radius 2 is 1.96 bits per heavy atom. The van der Waals surface area contributed by atoms with E-state index in [4.69, 9.17) is 5.26 Å². The van der Waals surface area contributed by atoms with Gasteiger partial charge in [-0.2, -0.15) is 5.26 Å². The van der Waals surface area contributed by atoms with Crippen molar-refractivity contribution in [3.8, 4) is 6.07 Å². The fourth-order valence-corrected chi connectivity index (χ4v) is 3.57. The van der Waals surface area contributed by atoms with Crippen LogP contribution in [0.5, 0.6) is 0 Å². The van der Waals surface area contributed by atoms with Crippen LogP contribution in [0.2, 0.25) is 0 Å². The quantitative estimate of drug-likeness (QED) is 0.485. The third-order valence-electron chi connectivity index (χ3n) is 5.12. The number of aromatic nitrogens is 3. The van der Waals surface area contributed by atoms with Crippen LogP contribution in [0.25, 0.3) is 10.9 Å². The molecule has 0 spiro atoms. The van der Waals surface area contributed by atoms with Crippen molar-refractivity contribution >= 4 is 10.9 Å². The van der Waals surface area contributed by atoms with E-state index in [0.29, 0.717) is 5.56 Å². The summed E-state index contributed by atoms with van der Waals surface area (Å²) in [5.41, 5.74) is 6.80. The van der Waals surface area contributed by atoms with Gasteiger partial charge in [0, 0.05) is 54.5 Å². The normalized spacial score (nSPS) is 11.0. The Morgan fingerprint density at radius 1 is 1.14 bits per heavy atom. The molecule has 140 valence electrons. The molecule has 4 rings (SSSR count). The third-order valence-corrected chi connectivity index (χ3v) is 5.12. The maximum Gasteiger partial charge on any atom is 0.0991 e. The second-order valence-corrected chi connectivity index (χ2v) is 7.02. The minimum atomic E-state index is 0.686. The van der Waals surface area contributed by atoms with Crippen molar-refractivity contribution in [3.05, 3.63) is 89.1 Å². The number of nitriles is 1. The van der Waals surface area contributed by atoms with E-state index in [1.165, 1.54) is 33.4 Å². The molecule has 0 unspecified atom stereocenters. The zero-order valence-corrected chi connectivity index (χ0v) is 15.9. The van der Waals surface area contributed by atoms with Gasteiger partial charge in [0.05, 0.1) is 18.0 Å². The van der Waals surface area contributed by atoms with Crippen molar-refractivity contribution in [2.45, 2.75) is 26.4 Å². The summed E-state index contributed by atoms with van der Waals surface area (Å²) in [6.07, 6.45) is 4.72. The first-order chi connectivity index (χ1) is 13.7. The molecule has 0 radical (unpaired) electrons. The van der Waals surface area contributed by atoms with Gasteiger partial charge < -0.3 is 14.9 Å². The Kier molecular flexibility index (Phi) is 5.22. The number of para-hydroxylation sites is 1. The maximum atomic E-state index is 8.92. The lowest BCUT2D eigenvalue weighted by Crippen LogP contribution is -2.18. The summed E-state index contributed by atoms with van der Waals surface area (Å²) in [7, 11) is 0. The molecule has 0 atom stereocenters. The number of nitrogens with one attached hydrogen (secondary N) is 2. The Morgan fingerprint density at radius 3 is 2.79 bits per heavy atom. The first-order valence-electron chi connectivity index (χ1n) is 9.49. The molecule has 0 saturated carbocycles. The average molecular weight is 369 g/mol. The van der Waals surface area contributed by atoms with Crippen molar-refractivity contribution < 1.29 is 0 Å². The summed E-state index contributed by atoms with van der Waals surface area (Å²) in [6.45, 7) is 4.63. The van der Waals surface area contributed by atoms with E-state index >= 15 is 0 Å². The second-order valence-electron chi connectivity index (χ2n) is 7.02. The number of hydrogen-bond acceptors (Lipinski definition) is 3. The van der Waals surface area contributed by atoms with Crippen LogP contribution < -0.4 is 5.32 Å². The van der Waals surface area contributed by atoms with Gasteiger partial charge in [0.25, 0.3) is 0 Å². The molecule has 2 heterocycles. The van der Waals surface area contributed by atoms with E-state index in [0.717, 1.165) is 26.1 Å². The molecule has 28 heavy (non-hydrogen) atoms. The van der Waals surface area contributed by atoms with Crippen LogP contribution in [0.4, 0.5) is 0 Å². The maximum absolute atomic E-state index is 8.92. The van der Waals surface area contributed by atoms with Crippen LogP contribution in [0.3, 0.4) is 0 Å². The lowest BCUT2D eigenvalue weighted by Gasteiger charge is -2.10. The van der Waals surface area contributed by atoms with Crippen LogP contribution in [0.1, 0.15) is 28.1 Å². The number of nitrogens with zero attached hydrogens (tertiary/aromatic N) is 3. The largest absolute Gasteiger partial charge is 0.358 e. The Hall–Kier alpha value is -3.36. The van der Waals surface area contributed by atoms with Gasteiger partial charge in [-0.3, -0.25) is 0 Å². The number of rotatable bonds is 7. The highest BCUT2D eigenvalue weighted by Gasteiger charge is 2.08. The molecule has 5 nitrogen and oxygen atoms in total. The van der Waals surface area contributed by atoms with Gasteiger partial charge in [0.2, 0.25) is 0 Å². The number of aromatic amines is 1. The zero-order valence-electron chi connectivity index (χ0n) is 15.9. The van der Waals surface area contributed by atoms with E-state index in [1.54, 1.807) is 0 Å². The number of imidazole rings is 1. The SMILES string of the molecule is Cc1[nH]c2ccccc2c1CNCCc1cncn1Cc1ccc(C#N)cc1. The number of hydrogen-bond donors (Lipinski definition) is 2. The van der Waals surface area contributed by atoms with Gasteiger partial charge in [-0.15, -0.1) is 0 Å². The van der Waals surface area contributed by atoms with E-state index in [1.807, 2.05) is 36.8 Å². The second kappa shape index (κ2) is 8.12. The zero-order chi connectivity index (χ0) is 19.3. The highest BCUT2D eigenvalue weighted by molar-refractivity contribution is 5.84. The first-order valence-corrected chi connectivity index (χ1v) is 9.49. The van der Waals surface area contributed by atoms with Gasteiger partial charge >= 0.3 is 0 Å². The predicted octanol–water partition coefficient (Wildman–Crippen LogP) is 3.93. The van der Waals surface area contributed by atoms with Crippen LogP contribution in [0, 0.1) is 18.3 Å². The van der Waals surface area contributed by atoms with Crippen LogP contribution >= 0.6 is 0 Å². The molecule has 0 bridgehead atoms. The predicted molar refractivity (Wildman–Crippen MR) is 111 cm³/mol. The summed E-state index contributed by atoms with van der Waals surface area (Å²) in [6, 6.07) is 18.3. The molecule has 0 aliphatic heterocycles. The topological polar surface area (TPSA) is 69.4 Å². The first kappa shape index (κ1) is 18.0. The molecule has 0 saturated heterocycles. The van der Waals surface area contributed by atoms with E-state index in [9.17, 15) is 0 Å². The number of aryl methyl sites for hydroxylation is 1. The molecule has 0 amide bonds. The third kappa shape index (κ3) is 3.83. The molecule has 2 N–H and O–H groups in total. The summed E-state index contributed by atoms with van der Waals surface area (Å²) in [4.78, 5) is 7.77. The van der Waals surface area contributed by atoms with E-state index in [2.05, 4.69) is 57.1 Å². The minimum absolute atomic E-state index is 0.686. The van der Waals surface area contributed by atoms with Crippen LogP contribution in [-0.4, -0.2) is 21.1 Å². The lowest BCUT2D eigenvalue weighted by atomic mass is 10.1. The molecule has 0 aliphatic carbocycles. The average Bonchev–Trinajstić information content (AvgIpc) is 3.29. The molecule has 0 aliphatic rings. The molecule has 5 heteroatoms. The van der Waals surface area contributed by atoms with Crippen LogP contribution in [0.15, 0.2) is 61.1 Å². The van der Waals surface area contributed by atoms with Crippen molar-refractivity contribution in [1.82, 2.24) is 19.9 Å². The summed E-state index contributed by atoms with van der Waals surface area (Å²) in [5, 5.41) is 13.8. The van der Waals surface area contributed by atoms with E-state index in [-0.39, 0.29) is 0 Å². The van der Waals surface area contributed by atoms with Crippen molar-refractivity contribution in [2.75, 3.05) is 6.54 Å². The molecule has 4 aromatic rings. The monoisotopic (exact) mass is 369 g/mol. The fourth-order valence-electron chi connectivity index (χ4n) is 3.57. The van der Waals surface area contributed by atoms with Gasteiger partial charge in [-0.05, 0) is 36.2 Å². The number of H-pyrrole nitrogens is 1. The Labute approximate surface area is 164 Å². The summed E-state index contributed by atoms with van der Waals surface area (Å²) < 4.78 is 2.17. The Balaban J connectivity index is 1.35. The smallest absolute Gasteiger partial charge is 0.0991 e. The highest BCUT2D eigenvalue weighted by Crippen LogP contribution is 2.21. The fraction of sp³-hybridized carbons (Fsp3) is 0.217. The lowest BCUT2D eigenvalue weighted by molar-refractivity contribution is 0.653. The minimum Gasteiger partial charge on any atom is -0.358 e. The molecule has 2 aromatic carbocycles. The van der Waals surface area contributed by atoms with Crippen molar-refractivity contribution in [1.29, 1.82) is 5.26 Å². The molecular weight excluding hydrogens is 346 g/mol. The standard InChI is InChI=1S/C23H23N5/c1-17-22(21-4-2-3-5-23(21)27-17)14-25-11-10-20-13-26-16-28(20)15-19-8-6-18(12-24)7-9-19/h2-9,13,16,25,27H,10-11,14-15H2,1H3. The highest BCUT2D eigenvalue weighted by atomic mass is 15.0. The number of fused-ring (bicyclic) bond motifs is 1. The summed E-state index contributed by atoms with van der Waals surface area (Å²) >= 11 is 0. The number of benzene rings is 2. The van der Waals surface area contributed by atoms with Gasteiger partial charge in [-0.1, -0.05) is 30.3 Å². The van der Waals surface area contributed by atoms with Gasteiger partial charge in [0.15, 0.2) is 0 Å².